The summed E-state index contributed by atoms with van der Waals surface area (Å²) in [4.78, 5) is 24.5. The highest BCUT2D eigenvalue weighted by Gasteiger charge is 2.18. The molecule has 0 radical (unpaired) electrons. The summed E-state index contributed by atoms with van der Waals surface area (Å²) in [6.07, 6.45) is 0. The molecule has 0 bridgehead atoms. The first kappa shape index (κ1) is 12.9. The van der Waals surface area contributed by atoms with Crippen LogP contribution in [-0.4, -0.2) is 62.7 Å². The fourth-order valence-electron chi connectivity index (χ4n) is 1.64. The van der Waals surface area contributed by atoms with Gasteiger partial charge in [0.15, 0.2) is 0 Å². The Hall–Kier alpha value is -1.14. The number of methoxy groups -OCH3 is 1. The summed E-state index contributed by atoms with van der Waals surface area (Å²) >= 11 is 0. The predicted octanol–water partition coefficient (Wildman–Crippen LogP) is -1.43. The summed E-state index contributed by atoms with van der Waals surface area (Å²) < 4.78 is 4.92. The minimum absolute atomic E-state index is 0.00360. The molecule has 2 amide bonds. The lowest BCUT2D eigenvalue weighted by Gasteiger charge is -2.26. The van der Waals surface area contributed by atoms with Gasteiger partial charge in [0.2, 0.25) is 11.8 Å². The van der Waals surface area contributed by atoms with Crippen molar-refractivity contribution in [1.82, 2.24) is 15.5 Å². The molecule has 0 spiro atoms. The van der Waals surface area contributed by atoms with E-state index in [-0.39, 0.29) is 24.4 Å². The van der Waals surface area contributed by atoms with Gasteiger partial charge in [0.25, 0.3) is 0 Å². The van der Waals surface area contributed by atoms with E-state index >= 15 is 0 Å². The largest absolute Gasteiger partial charge is 0.383 e. The Labute approximate surface area is 95.3 Å². The van der Waals surface area contributed by atoms with Gasteiger partial charge in [0.05, 0.1) is 19.7 Å². The zero-order valence-electron chi connectivity index (χ0n) is 9.78. The van der Waals surface area contributed by atoms with E-state index in [2.05, 4.69) is 10.6 Å². The maximum Gasteiger partial charge on any atom is 0.234 e. The van der Waals surface area contributed by atoms with Crippen LogP contribution in [0.3, 0.4) is 0 Å². The zero-order valence-corrected chi connectivity index (χ0v) is 9.78. The van der Waals surface area contributed by atoms with E-state index in [1.54, 1.807) is 7.11 Å². The Morgan fingerprint density at radius 3 is 3.06 bits per heavy atom. The zero-order chi connectivity index (χ0) is 12.0. The third-order valence-corrected chi connectivity index (χ3v) is 2.31. The fraction of sp³-hybridized carbons (Fsp3) is 0.800. The van der Waals surface area contributed by atoms with E-state index in [1.165, 1.54) is 0 Å². The first-order valence-corrected chi connectivity index (χ1v) is 5.39. The van der Waals surface area contributed by atoms with Crippen LogP contribution >= 0.6 is 0 Å². The van der Waals surface area contributed by atoms with Crippen LogP contribution in [0.2, 0.25) is 0 Å². The summed E-state index contributed by atoms with van der Waals surface area (Å²) in [7, 11) is 1.59. The Morgan fingerprint density at radius 2 is 2.44 bits per heavy atom. The SMILES string of the molecule is COCC(C)NC(=O)CN1CCNC(=O)C1. The van der Waals surface area contributed by atoms with Gasteiger partial charge < -0.3 is 15.4 Å². The Kier molecular flexibility index (Phi) is 5.21. The van der Waals surface area contributed by atoms with Gasteiger partial charge in [0.1, 0.15) is 0 Å². The molecule has 6 heteroatoms. The number of hydrogen-bond donors (Lipinski definition) is 2. The molecule has 1 aliphatic heterocycles. The molecule has 16 heavy (non-hydrogen) atoms. The lowest BCUT2D eigenvalue weighted by Crippen LogP contribution is -2.51. The molecule has 1 unspecified atom stereocenters. The Morgan fingerprint density at radius 1 is 1.69 bits per heavy atom. The molecule has 0 aromatic heterocycles. The van der Waals surface area contributed by atoms with Gasteiger partial charge in [0, 0.05) is 26.2 Å². The second-order valence-corrected chi connectivity index (χ2v) is 3.98. The molecule has 1 saturated heterocycles. The summed E-state index contributed by atoms with van der Waals surface area (Å²) in [5.74, 6) is -0.0942. The van der Waals surface area contributed by atoms with E-state index in [1.807, 2.05) is 11.8 Å². The molecule has 0 aromatic carbocycles. The van der Waals surface area contributed by atoms with E-state index < -0.39 is 0 Å². The first-order valence-electron chi connectivity index (χ1n) is 5.39. The molecular formula is C10H19N3O3. The first-order chi connectivity index (χ1) is 7.61. The summed E-state index contributed by atoms with van der Waals surface area (Å²) in [6, 6.07) is -0.00360. The highest BCUT2D eigenvalue weighted by Crippen LogP contribution is 1.93. The van der Waals surface area contributed by atoms with Crippen LogP contribution in [0.4, 0.5) is 0 Å². The monoisotopic (exact) mass is 229 g/mol. The molecule has 2 N–H and O–H groups in total. The van der Waals surface area contributed by atoms with Crippen molar-refractivity contribution >= 4 is 11.8 Å². The molecule has 92 valence electrons. The van der Waals surface area contributed by atoms with Gasteiger partial charge in [-0.1, -0.05) is 0 Å². The molecule has 0 aromatic rings. The van der Waals surface area contributed by atoms with Crippen LogP contribution in [-0.2, 0) is 14.3 Å². The minimum atomic E-state index is -0.0701. The van der Waals surface area contributed by atoms with E-state index in [4.69, 9.17) is 4.74 Å². The lowest BCUT2D eigenvalue weighted by atomic mass is 10.3. The molecule has 1 aliphatic rings. The number of amides is 2. The highest BCUT2D eigenvalue weighted by molar-refractivity contribution is 5.81. The summed E-state index contributed by atoms with van der Waals surface area (Å²) in [5.41, 5.74) is 0. The molecule has 6 nitrogen and oxygen atoms in total. The van der Waals surface area contributed by atoms with Crippen LogP contribution in [0.1, 0.15) is 6.92 Å². The van der Waals surface area contributed by atoms with Crippen LogP contribution in [0.5, 0.6) is 0 Å². The molecular weight excluding hydrogens is 210 g/mol. The maximum atomic E-state index is 11.6. The number of nitrogens with one attached hydrogen (secondary N) is 2. The van der Waals surface area contributed by atoms with Crippen LogP contribution in [0, 0.1) is 0 Å². The Balaban J connectivity index is 2.25. The average Bonchev–Trinajstić information content (AvgIpc) is 2.17. The van der Waals surface area contributed by atoms with Gasteiger partial charge in [-0.15, -0.1) is 0 Å². The molecule has 1 fully saturated rings. The van der Waals surface area contributed by atoms with Crippen LogP contribution < -0.4 is 10.6 Å². The highest BCUT2D eigenvalue weighted by atomic mass is 16.5. The number of nitrogens with zero attached hydrogens (tertiary/aromatic N) is 1. The van der Waals surface area contributed by atoms with E-state index in [9.17, 15) is 9.59 Å². The molecule has 0 aliphatic carbocycles. The fourth-order valence-corrected chi connectivity index (χ4v) is 1.64. The number of hydrogen-bond acceptors (Lipinski definition) is 4. The topological polar surface area (TPSA) is 70.7 Å². The standard InChI is InChI=1S/C10H19N3O3/c1-8(7-16-2)12-10(15)6-13-4-3-11-9(14)5-13/h8H,3-7H2,1-2H3,(H,11,14)(H,12,15). The number of ether oxygens (including phenoxy) is 1. The number of carbonyl (C=O) groups excluding carboxylic acids is 2. The van der Waals surface area contributed by atoms with E-state index in [0.717, 1.165) is 6.54 Å². The van der Waals surface area contributed by atoms with Gasteiger partial charge in [-0.3, -0.25) is 14.5 Å². The Bertz CT molecular complexity index is 258. The smallest absolute Gasteiger partial charge is 0.234 e. The molecule has 1 atom stereocenters. The van der Waals surface area contributed by atoms with Crippen molar-refractivity contribution in [2.24, 2.45) is 0 Å². The van der Waals surface area contributed by atoms with Crippen molar-refractivity contribution in [1.29, 1.82) is 0 Å². The third kappa shape index (κ3) is 4.59. The van der Waals surface area contributed by atoms with Crippen molar-refractivity contribution in [3.05, 3.63) is 0 Å². The normalized spacial score (nSPS) is 19.0. The predicted molar refractivity (Wildman–Crippen MR) is 58.9 cm³/mol. The summed E-state index contributed by atoms with van der Waals surface area (Å²) in [6.45, 7) is 4.27. The molecule has 1 rings (SSSR count). The van der Waals surface area contributed by atoms with Crippen molar-refractivity contribution in [3.63, 3.8) is 0 Å². The number of piperazine rings is 1. The van der Waals surface area contributed by atoms with Crippen molar-refractivity contribution in [3.8, 4) is 0 Å². The third-order valence-electron chi connectivity index (χ3n) is 2.31. The van der Waals surface area contributed by atoms with E-state index in [0.29, 0.717) is 19.7 Å². The lowest BCUT2D eigenvalue weighted by molar-refractivity contribution is -0.127. The van der Waals surface area contributed by atoms with Gasteiger partial charge in [-0.25, -0.2) is 0 Å². The van der Waals surface area contributed by atoms with Crippen LogP contribution in [0.15, 0.2) is 0 Å². The summed E-state index contributed by atoms with van der Waals surface area (Å²) in [5, 5.41) is 5.52. The minimum Gasteiger partial charge on any atom is -0.383 e. The van der Waals surface area contributed by atoms with Gasteiger partial charge in [-0.05, 0) is 6.92 Å². The quantitative estimate of drug-likeness (QED) is 0.606. The van der Waals surface area contributed by atoms with Gasteiger partial charge in [-0.2, -0.15) is 0 Å². The van der Waals surface area contributed by atoms with Gasteiger partial charge >= 0.3 is 0 Å². The number of carbonyl (C=O) groups is 2. The maximum absolute atomic E-state index is 11.6. The van der Waals surface area contributed by atoms with Crippen LogP contribution in [0.25, 0.3) is 0 Å². The van der Waals surface area contributed by atoms with Crippen molar-refractivity contribution < 1.29 is 14.3 Å². The second-order valence-electron chi connectivity index (χ2n) is 3.98. The average molecular weight is 229 g/mol. The number of rotatable bonds is 5. The molecule has 1 heterocycles. The molecule has 0 saturated carbocycles. The van der Waals surface area contributed by atoms with Crippen molar-refractivity contribution in [2.45, 2.75) is 13.0 Å². The second kappa shape index (κ2) is 6.44. The van der Waals surface area contributed by atoms with Crippen molar-refractivity contribution in [2.75, 3.05) is 39.9 Å².